The van der Waals surface area contributed by atoms with Crippen LogP contribution >= 0.6 is 0 Å². The molecule has 0 heterocycles. The van der Waals surface area contributed by atoms with Gasteiger partial charge < -0.3 is 4.74 Å². The lowest BCUT2D eigenvalue weighted by molar-refractivity contribution is 0.168. The molecule has 3 heteroatoms. The molecule has 0 aliphatic carbocycles. The summed E-state index contributed by atoms with van der Waals surface area (Å²) in [5.74, 6) is 0. The Balaban J connectivity index is 3.71. The minimum Gasteiger partial charge on any atom is -0.450 e. The Morgan fingerprint density at radius 1 is 0.875 bits per heavy atom. The van der Waals surface area contributed by atoms with E-state index >= 15 is 0 Å². The van der Waals surface area contributed by atoms with Gasteiger partial charge in [0, 0.05) is 0 Å². The van der Waals surface area contributed by atoms with E-state index in [0.717, 1.165) is 16.8 Å². The Morgan fingerprint density at radius 2 is 1.29 bits per heavy atom. The second-order valence-electron chi connectivity index (χ2n) is 9.54. The third-order valence-corrected chi connectivity index (χ3v) is 4.12. The fourth-order valence-electron chi connectivity index (χ4n) is 2.66. The lowest BCUT2D eigenvalue weighted by atomic mass is 9.74. The summed E-state index contributed by atoms with van der Waals surface area (Å²) in [4.78, 5) is 12.1. The number of hydrogen-bond acceptors (Lipinski definition) is 2. The predicted molar refractivity (Wildman–Crippen MR) is 103 cm³/mol. The van der Waals surface area contributed by atoms with E-state index in [1.165, 1.54) is 5.56 Å². The topological polar surface area (TPSA) is 38.3 Å². The Labute approximate surface area is 148 Å². The van der Waals surface area contributed by atoms with Crippen LogP contribution in [0.25, 0.3) is 0 Å². The number of carbonyl (C=O) groups excluding carboxylic acids is 1. The van der Waals surface area contributed by atoms with Crippen molar-refractivity contribution in [1.82, 2.24) is 0 Å². The van der Waals surface area contributed by atoms with Crippen molar-refractivity contribution in [3.05, 3.63) is 28.8 Å². The molecule has 136 valence electrons. The molecular formula is C21H35NO2. The third kappa shape index (κ3) is 4.99. The predicted octanol–water partition coefficient (Wildman–Crippen LogP) is 6.15. The van der Waals surface area contributed by atoms with Gasteiger partial charge >= 0.3 is 6.09 Å². The van der Waals surface area contributed by atoms with Gasteiger partial charge in [0.1, 0.15) is 0 Å². The first kappa shape index (κ1) is 20.5. The largest absolute Gasteiger partial charge is 0.450 e. The quantitative estimate of drug-likeness (QED) is 0.705. The molecule has 0 aliphatic heterocycles. The van der Waals surface area contributed by atoms with E-state index in [0.29, 0.717) is 6.61 Å². The summed E-state index contributed by atoms with van der Waals surface area (Å²) in [6.07, 6.45) is -0.392. The average molecular weight is 334 g/mol. The van der Waals surface area contributed by atoms with Gasteiger partial charge in [-0.3, -0.25) is 5.32 Å². The van der Waals surface area contributed by atoms with E-state index in [4.69, 9.17) is 4.74 Å². The molecule has 0 bridgehead atoms. The molecule has 0 unspecified atom stereocenters. The van der Waals surface area contributed by atoms with Gasteiger partial charge in [-0.15, -0.1) is 0 Å². The summed E-state index contributed by atoms with van der Waals surface area (Å²) in [6.45, 7) is 21.9. The average Bonchev–Trinajstić information content (AvgIpc) is 2.34. The molecule has 1 aromatic rings. The van der Waals surface area contributed by atoms with Crippen LogP contribution in [0.5, 0.6) is 0 Å². The first-order chi connectivity index (χ1) is 10.7. The van der Waals surface area contributed by atoms with Crippen molar-refractivity contribution in [3.8, 4) is 0 Å². The van der Waals surface area contributed by atoms with E-state index in [2.05, 4.69) is 79.8 Å². The Morgan fingerprint density at radius 3 is 1.58 bits per heavy atom. The van der Waals surface area contributed by atoms with Crippen LogP contribution in [-0.4, -0.2) is 12.7 Å². The van der Waals surface area contributed by atoms with Gasteiger partial charge in [-0.25, -0.2) is 4.79 Å². The summed E-state index contributed by atoms with van der Waals surface area (Å²) < 4.78 is 5.13. The molecule has 0 radical (unpaired) electrons. The summed E-state index contributed by atoms with van der Waals surface area (Å²) >= 11 is 0. The van der Waals surface area contributed by atoms with Crippen molar-refractivity contribution in [1.29, 1.82) is 0 Å². The molecule has 1 amide bonds. The van der Waals surface area contributed by atoms with Crippen molar-refractivity contribution in [2.75, 3.05) is 11.9 Å². The molecule has 24 heavy (non-hydrogen) atoms. The first-order valence-electron chi connectivity index (χ1n) is 8.81. The maximum atomic E-state index is 12.1. The highest BCUT2D eigenvalue weighted by atomic mass is 16.5. The first-order valence-corrected chi connectivity index (χ1v) is 8.81. The molecule has 0 atom stereocenters. The summed E-state index contributed by atoms with van der Waals surface area (Å²) in [5.41, 5.74) is 4.34. The van der Waals surface area contributed by atoms with E-state index < -0.39 is 6.09 Å². The number of ether oxygens (including phenoxy) is 1. The Bertz CT molecular complexity index is 561. The minimum atomic E-state index is -0.392. The van der Waals surface area contributed by atoms with Gasteiger partial charge in [0.05, 0.1) is 12.3 Å². The van der Waals surface area contributed by atoms with Crippen LogP contribution < -0.4 is 5.32 Å². The standard InChI is InChI=1S/C21H35NO2/c1-11-24-18(23)22-17-15(20(5,6)7)12-14(19(2,3)4)13-16(17)21(8,9)10/h12-13H,11H2,1-10H3,(H,22,23). The normalized spacial score (nSPS) is 12.9. The van der Waals surface area contributed by atoms with E-state index in [-0.39, 0.29) is 16.2 Å². The molecule has 1 rings (SSSR count). The highest BCUT2D eigenvalue weighted by molar-refractivity contribution is 5.88. The SMILES string of the molecule is CCOC(=O)Nc1c(C(C)(C)C)cc(C(C)(C)C)cc1C(C)(C)C. The van der Waals surface area contributed by atoms with Crippen molar-refractivity contribution < 1.29 is 9.53 Å². The third-order valence-electron chi connectivity index (χ3n) is 4.12. The second kappa shape index (κ2) is 6.78. The molecule has 1 N–H and O–H groups in total. The minimum absolute atomic E-state index is 0.0441. The van der Waals surface area contributed by atoms with Crippen molar-refractivity contribution >= 4 is 11.8 Å². The van der Waals surface area contributed by atoms with Gasteiger partial charge in [0.15, 0.2) is 0 Å². The molecular weight excluding hydrogens is 298 g/mol. The molecule has 3 nitrogen and oxygen atoms in total. The highest BCUT2D eigenvalue weighted by Gasteiger charge is 2.30. The number of amides is 1. The number of rotatable bonds is 2. The molecule has 0 saturated carbocycles. The molecule has 0 fully saturated rings. The molecule has 1 aromatic carbocycles. The maximum Gasteiger partial charge on any atom is 0.411 e. The zero-order valence-corrected chi connectivity index (χ0v) is 17.2. The van der Waals surface area contributed by atoms with Crippen LogP contribution in [0.4, 0.5) is 10.5 Å². The van der Waals surface area contributed by atoms with Crippen LogP contribution in [0.3, 0.4) is 0 Å². The number of carbonyl (C=O) groups is 1. The summed E-state index contributed by atoms with van der Waals surface area (Å²) in [7, 11) is 0. The molecule has 0 spiro atoms. The van der Waals surface area contributed by atoms with Crippen LogP contribution in [0.2, 0.25) is 0 Å². The van der Waals surface area contributed by atoms with Crippen LogP contribution in [0, 0.1) is 0 Å². The number of hydrogen-bond donors (Lipinski definition) is 1. The fraction of sp³-hybridized carbons (Fsp3) is 0.667. The van der Waals surface area contributed by atoms with Gasteiger partial charge in [-0.2, -0.15) is 0 Å². The Kier molecular flexibility index (Phi) is 5.80. The van der Waals surface area contributed by atoms with Gasteiger partial charge in [0.25, 0.3) is 0 Å². The number of benzene rings is 1. The fourth-order valence-corrected chi connectivity index (χ4v) is 2.66. The van der Waals surface area contributed by atoms with Crippen LogP contribution in [0.1, 0.15) is 85.9 Å². The monoisotopic (exact) mass is 333 g/mol. The van der Waals surface area contributed by atoms with Crippen molar-refractivity contribution in [2.24, 2.45) is 0 Å². The summed E-state index contributed by atoms with van der Waals surface area (Å²) in [5, 5.41) is 3.01. The van der Waals surface area contributed by atoms with Gasteiger partial charge in [-0.05, 0) is 39.9 Å². The molecule has 0 saturated heterocycles. The molecule has 0 aliphatic rings. The van der Waals surface area contributed by atoms with Gasteiger partial charge in [0.2, 0.25) is 0 Å². The smallest absolute Gasteiger partial charge is 0.411 e. The van der Waals surface area contributed by atoms with E-state index in [1.807, 2.05) is 6.92 Å². The second-order valence-corrected chi connectivity index (χ2v) is 9.54. The van der Waals surface area contributed by atoms with E-state index in [9.17, 15) is 4.79 Å². The van der Waals surface area contributed by atoms with Crippen LogP contribution in [-0.2, 0) is 21.0 Å². The number of anilines is 1. The van der Waals surface area contributed by atoms with Gasteiger partial charge in [-0.1, -0.05) is 74.4 Å². The Hall–Kier alpha value is -1.51. The maximum absolute atomic E-state index is 12.1. The van der Waals surface area contributed by atoms with Crippen LogP contribution in [0.15, 0.2) is 12.1 Å². The van der Waals surface area contributed by atoms with Crippen molar-refractivity contribution in [3.63, 3.8) is 0 Å². The van der Waals surface area contributed by atoms with E-state index in [1.54, 1.807) is 0 Å². The summed E-state index contributed by atoms with van der Waals surface area (Å²) in [6, 6.07) is 4.47. The zero-order valence-electron chi connectivity index (χ0n) is 17.2. The zero-order chi connectivity index (χ0) is 18.9. The highest BCUT2D eigenvalue weighted by Crippen LogP contribution is 2.41. The van der Waals surface area contributed by atoms with Crippen molar-refractivity contribution in [2.45, 2.75) is 85.5 Å². The lowest BCUT2D eigenvalue weighted by Gasteiger charge is -2.33. The molecule has 0 aromatic heterocycles. The number of nitrogens with one attached hydrogen (secondary N) is 1. The lowest BCUT2D eigenvalue weighted by Crippen LogP contribution is -2.26.